The van der Waals surface area contributed by atoms with Crippen LogP contribution in [0.15, 0.2) is 12.1 Å². The maximum absolute atomic E-state index is 12.3. The van der Waals surface area contributed by atoms with Crippen molar-refractivity contribution in [3.63, 3.8) is 0 Å². The molecular formula is C14H15ClN2O4. The summed E-state index contributed by atoms with van der Waals surface area (Å²) in [5, 5.41) is 5.84. The molecule has 0 unspecified atom stereocenters. The van der Waals surface area contributed by atoms with Crippen LogP contribution in [0.3, 0.4) is 0 Å². The first-order valence-corrected chi connectivity index (χ1v) is 7.20. The molecule has 0 bridgehead atoms. The van der Waals surface area contributed by atoms with Gasteiger partial charge in [0.25, 0.3) is 5.91 Å². The number of nitrogens with one attached hydrogen (secondary N) is 2. The van der Waals surface area contributed by atoms with Gasteiger partial charge >= 0.3 is 0 Å². The molecule has 3 rings (SSSR count). The molecule has 0 saturated carbocycles. The number of hydrogen-bond acceptors (Lipinski definition) is 4. The molecule has 1 aromatic carbocycles. The summed E-state index contributed by atoms with van der Waals surface area (Å²) in [7, 11) is 0. The molecule has 2 aliphatic rings. The zero-order valence-corrected chi connectivity index (χ0v) is 12.0. The Balaban J connectivity index is 1.76. The van der Waals surface area contributed by atoms with E-state index in [2.05, 4.69) is 10.6 Å². The van der Waals surface area contributed by atoms with Gasteiger partial charge in [0.1, 0.15) is 6.04 Å². The van der Waals surface area contributed by atoms with E-state index in [-0.39, 0.29) is 18.6 Å². The second-order valence-corrected chi connectivity index (χ2v) is 5.41. The molecule has 2 amide bonds. The molecule has 1 aromatic rings. The van der Waals surface area contributed by atoms with Crippen molar-refractivity contribution < 1.29 is 19.1 Å². The summed E-state index contributed by atoms with van der Waals surface area (Å²) in [4.78, 5) is 24.1. The molecule has 1 atom stereocenters. The highest BCUT2D eigenvalue weighted by molar-refractivity contribution is 6.32. The number of carbonyl (C=O) groups is 2. The van der Waals surface area contributed by atoms with E-state index in [0.717, 1.165) is 12.8 Å². The molecule has 21 heavy (non-hydrogen) atoms. The van der Waals surface area contributed by atoms with Gasteiger partial charge in [-0.05, 0) is 31.4 Å². The minimum atomic E-state index is -0.510. The Morgan fingerprint density at radius 3 is 3.05 bits per heavy atom. The fourth-order valence-electron chi connectivity index (χ4n) is 2.42. The Morgan fingerprint density at radius 1 is 1.33 bits per heavy atom. The normalized spacial score (nSPS) is 20.6. The second-order valence-electron chi connectivity index (χ2n) is 5.00. The minimum Gasteiger partial charge on any atom is -0.454 e. The van der Waals surface area contributed by atoms with Crippen LogP contribution in [0, 0.1) is 0 Å². The monoisotopic (exact) mass is 310 g/mol. The third-order valence-electron chi connectivity index (χ3n) is 3.53. The highest BCUT2D eigenvalue weighted by Crippen LogP contribution is 2.39. The van der Waals surface area contributed by atoms with Crippen molar-refractivity contribution in [3.8, 4) is 11.5 Å². The molecule has 2 N–H and O–H groups in total. The van der Waals surface area contributed by atoms with Gasteiger partial charge in [-0.15, -0.1) is 0 Å². The number of ether oxygens (including phenoxy) is 2. The fraction of sp³-hybridized carbons (Fsp3) is 0.429. The van der Waals surface area contributed by atoms with Gasteiger partial charge in [-0.2, -0.15) is 0 Å². The SMILES string of the molecule is O=C(N[C@H]1CCCCNC1=O)c1cc(Cl)c2c(c1)OCO2. The van der Waals surface area contributed by atoms with Crippen LogP contribution in [-0.2, 0) is 4.79 Å². The highest BCUT2D eigenvalue weighted by atomic mass is 35.5. The molecule has 1 fully saturated rings. The number of fused-ring (bicyclic) bond motifs is 1. The molecule has 0 aromatic heterocycles. The van der Waals surface area contributed by atoms with Gasteiger partial charge in [0.15, 0.2) is 11.5 Å². The van der Waals surface area contributed by atoms with E-state index in [9.17, 15) is 9.59 Å². The van der Waals surface area contributed by atoms with Gasteiger partial charge < -0.3 is 20.1 Å². The quantitative estimate of drug-likeness (QED) is 0.867. The van der Waals surface area contributed by atoms with E-state index in [1.807, 2.05) is 0 Å². The first kappa shape index (κ1) is 14.0. The first-order chi connectivity index (χ1) is 10.1. The smallest absolute Gasteiger partial charge is 0.252 e. The Hall–Kier alpha value is -1.95. The predicted octanol–water partition coefficient (Wildman–Crippen LogP) is 1.47. The van der Waals surface area contributed by atoms with Gasteiger partial charge in [0, 0.05) is 12.1 Å². The van der Waals surface area contributed by atoms with Crippen LogP contribution in [0.25, 0.3) is 0 Å². The number of halogens is 1. The van der Waals surface area contributed by atoms with Crippen LogP contribution in [0.1, 0.15) is 29.6 Å². The zero-order valence-electron chi connectivity index (χ0n) is 11.3. The lowest BCUT2D eigenvalue weighted by molar-refractivity contribution is -0.122. The van der Waals surface area contributed by atoms with Crippen LogP contribution in [0.2, 0.25) is 5.02 Å². The maximum atomic E-state index is 12.3. The Morgan fingerprint density at radius 2 is 2.19 bits per heavy atom. The summed E-state index contributed by atoms with van der Waals surface area (Å²) in [6, 6.07) is 2.57. The summed E-state index contributed by atoms with van der Waals surface area (Å²) < 4.78 is 10.4. The van der Waals surface area contributed by atoms with Crippen LogP contribution in [-0.4, -0.2) is 31.2 Å². The Kier molecular flexibility index (Phi) is 3.88. The van der Waals surface area contributed by atoms with E-state index < -0.39 is 6.04 Å². The van der Waals surface area contributed by atoms with Gasteiger partial charge in [-0.3, -0.25) is 9.59 Å². The molecule has 2 heterocycles. The molecule has 112 valence electrons. The van der Waals surface area contributed by atoms with Crippen molar-refractivity contribution in [2.24, 2.45) is 0 Å². The first-order valence-electron chi connectivity index (χ1n) is 6.83. The second kappa shape index (κ2) is 5.81. The minimum absolute atomic E-state index is 0.0884. The summed E-state index contributed by atoms with van der Waals surface area (Å²) in [5.41, 5.74) is 0.348. The lowest BCUT2D eigenvalue weighted by atomic mass is 10.1. The fourth-order valence-corrected chi connectivity index (χ4v) is 2.68. The van der Waals surface area contributed by atoms with E-state index in [0.29, 0.717) is 35.1 Å². The summed E-state index contributed by atoms with van der Waals surface area (Å²) in [6.45, 7) is 0.742. The summed E-state index contributed by atoms with van der Waals surface area (Å²) >= 11 is 6.05. The van der Waals surface area contributed by atoms with Crippen molar-refractivity contribution in [2.45, 2.75) is 25.3 Å². The largest absolute Gasteiger partial charge is 0.454 e. The van der Waals surface area contributed by atoms with E-state index in [1.165, 1.54) is 6.07 Å². The molecular weight excluding hydrogens is 296 g/mol. The number of hydrogen-bond donors (Lipinski definition) is 2. The van der Waals surface area contributed by atoms with E-state index in [1.54, 1.807) is 6.07 Å². The molecule has 2 aliphatic heterocycles. The third kappa shape index (κ3) is 2.90. The van der Waals surface area contributed by atoms with Crippen LogP contribution in [0.5, 0.6) is 11.5 Å². The Bertz CT molecular complexity index is 591. The summed E-state index contributed by atoms with van der Waals surface area (Å²) in [6.07, 6.45) is 2.45. The highest BCUT2D eigenvalue weighted by Gasteiger charge is 2.25. The van der Waals surface area contributed by atoms with E-state index >= 15 is 0 Å². The molecule has 0 spiro atoms. The van der Waals surface area contributed by atoms with Crippen molar-refractivity contribution >= 4 is 23.4 Å². The van der Waals surface area contributed by atoms with Crippen LogP contribution < -0.4 is 20.1 Å². The molecule has 7 heteroatoms. The van der Waals surface area contributed by atoms with Gasteiger partial charge in [-0.1, -0.05) is 11.6 Å². The van der Waals surface area contributed by atoms with Crippen molar-refractivity contribution in [3.05, 3.63) is 22.7 Å². The number of rotatable bonds is 2. The van der Waals surface area contributed by atoms with Gasteiger partial charge in [0.2, 0.25) is 12.7 Å². The molecule has 1 saturated heterocycles. The van der Waals surface area contributed by atoms with Crippen molar-refractivity contribution in [1.82, 2.24) is 10.6 Å². The number of carbonyl (C=O) groups excluding carboxylic acids is 2. The number of benzene rings is 1. The van der Waals surface area contributed by atoms with Crippen molar-refractivity contribution in [1.29, 1.82) is 0 Å². The number of amides is 2. The predicted molar refractivity (Wildman–Crippen MR) is 75.7 cm³/mol. The van der Waals surface area contributed by atoms with Gasteiger partial charge in [0.05, 0.1) is 5.02 Å². The zero-order chi connectivity index (χ0) is 14.8. The molecule has 6 nitrogen and oxygen atoms in total. The van der Waals surface area contributed by atoms with E-state index in [4.69, 9.17) is 21.1 Å². The topological polar surface area (TPSA) is 76.7 Å². The van der Waals surface area contributed by atoms with Crippen molar-refractivity contribution in [2.75, 3.05) is 13.3 Å². The average Bonchev–Trinajstić information content (AvgIpc) is 2.85. The average molecular weight is 311 g/mol. The standard InChI is InChI=1S/C14H15ClN2O4/c15-9-5-8(6-11-12(9)21-7-20-11)13(18)17-10-3-1-2-4-16-14(10)19/h5-6,10H,1-4,7H2,(H,16,19)(H,17,18)/t10-/m0/s1. The van der Waals surface area contributed by atoms with Gasteiger partial charge in [-0.25, -0.2) is 0 Å². The summed E-state index contributed by atoms with van der Waals surface area (Å²) in [5.74, 6) is 0.392. The lowest BCUT2D eigenvalue weighted by Gasteiger charge is -2.15. The van der Waals surface area contributed by atoms with Crippen LogP contribution >= 0.6 is 11.6 Å². The lowest BCUT2D eigenvalue weighted by Crippen LogP contribution is -2.45. The van der Waals surface area contributed by atoms with Crippen LogP contribution in [0.4, 0.5) is 0 Å². The Labute approximate surface area is 126 Å². The molecule has 0 aliphatic carbocycles. The third-order valence-corrected chi connectivity index (χ3v) is 3.81. The molecule has 0 radical (unpaired) electrons. The maximum Gasteiger partial charge on any atom is 0.252 e.